The number of Topliss-reactive ketones (excluding diaryl/α,β-unsaturated/α-hetero) is 1. The number of carbonyl (C=O) groups excluding carboxylic acids is 2. The summed E-state index contributed by atoms with van der Waals surface area (Å²) in [5, 5.41) is 0. The SMILES string of the molecule is Cc1ccccc1OCCC(=O)OCC(=O)c1c(N)n(CC(C)C)c(=O)n(C)c1=O. The highest BCUT2D eigenvalue weighted by molar-refractivity contribution is 6.01. The van der Waals surface area contributed by atoms with Gasteiger partial charge in [-0.1, -0.05) is 32.0 Å². The van der Waals surface area contributed by atoms with E-state index >= 15 is 0 Å². The highest BCUT2D eigenvalue weighted by atomic mass is 16.5. The second-order valence-corrected chi connectivity index (χ2v) is 7.36. The van der Waals surface area contributed by atoms with E-state index in [9.17, 15) is 19.2 Å². The number of nitrogens with zero attached hydrogens (tertiary/aromatic N) is 2. The summed E-state index contributed by atoms with van der Waals surface area (Å²) < 4.78 is 12.5. The van der Waals surface area contributed by atoms with Gasteiger partial charge >= 0.3 is 11.7 Å². The summed E-state index contributed by atoms with van der Waals surface area (Å²) in [5.74, 6) is -0.913. The fraction of sp³-hybridized carbons (Fsp3) is 0.429. The summed E-state index contributed by atoms with van der Waals surface area (Å²) in [5.41, 5.74) is 5.09. The predicted molar refractivity (Wildman–Crippen MR) is 112 cm³/mol. The smallest absolute Gasteiger partial charge is 0.332 e. The van der Waals surface area contributed by atoms with E-state index in [-0.39, 0.29) is 36.9 Å². The molecular weight excluding hydrogens is 390 g/mol. The molecule has 0 atom stereocenters. The van der Waals surface area contributed by atoms with Crippen LogP contribution < -0.4 is 21.7 Å². The highest BCUT2D eigenvalue weighted by Gasteiger charge is 2.23. The Morgan fingerprint density at radius 2 is 1.83 bits per heavy atom. The van der Waals surface area contributed by atoms with Crippen LogP contribution in [0.4, 0.5) is 5.82 Å². The first-order valence-corrected chi connectivity index (χ1v) is 9.60. The van der Waals surface area contributed by atoms with E-state index in [2.05, 4.69) is 0 Å². The highest BCUT2D eigenvalue weighted by Crippen LogP contribution is 2.16. The number of ether oxygens (including phenoxy) is 2. The molecule has 9 nitrogen and oxygen atoms in total. The first-order chi connectivity index (χ1) is 14.1. The number of para-hydroxylation sites is 1. The van der Waals surface area contributed by atoms with Gasteiger partial charge in [0.25, 0.3) is 5.56 Å². The van der Waals surface area contributed by atoms with Crippen LogP contribution in [0, 0.1) is 12.8 Å². The second-order valence-electron chi connectivity index (χ2n) is 7.36. The van der Waals surface area contributed by atoms with Gasteiger partial charge in [-0.05, 0) is 24.5 Å². The molecule has 0 radical (unpaired) electrons. The van der Waals surface area contributed by atoms with Crippen molar-refractivity contribution in [2.75, 3.05) is 18.9 Å². The molecule has 0 amide bonds. The molecule has 0 saturated carbocycles. The summed E-state index contributed by atoms with van der Waals surface area (Å²) in [6.07, 6.45) is -0.0675. The molecule has 0 spiro atoms. The lowest BCUT2D eigenvalue weighted by Gasteiger charge is -2.16. The fourth-order valence-corrected chi connectivity index (χ4v) is 2.84. The third kappa shape index (κ3) is 5.37. The molecule has 0 aliphatic rings. The Morgan fingerprint density at radius 3 is 2.47 bits per heavy atom. The van der Waals surface area contributed by atoms with Crippen LogP contribution in [0.25, 0.3) is 0 Å². The Bertz CT molecular complexity index is 1050. The summed E-state index contributed by atoms with van der Waals surface area (Å²) in [6.45, 7) is 5.31. The standard InChI is InChI=1S/C21H27N3O6/c1-13(2)11-24-19(22)18(20(27)23(4)21(24)28)15(25)12-30-17(26)9-10-29-16-8-6-5-7-14(16)3/h5-8,13H,9-12,22H2,1-4H3. The van der Waals surface area contributed by atoms with E-state index in [0.717, 1.165) is 10.1 Å². The lowest BCUT2D eigenvalue weighted by Crippen LogP contribution is -2.43. The molecule has 1 aromatic heterocycles. The van der Waals surface area contributed by atoms with Gasteiger partial charge in [0.05, 0.1) is 13.0 Å². The van der Waals surface area contributed by atoms with Crippen molar-refractivity contribution in [3.8, 4) is 5.75 Å². The molecule has 2 N–H and O–H groups in total. The minimum atomic E-state index is -0.818. The predicted octanol–water partition coefficient (Wildman–Crippen LogP) is 1.29. The molecule has 2 aromatic rings. The number of hydrogen-bond donors (Lipinski definition) is 1. The number of benzene rings is 1. The molecule has 0 fully saturated rings. The van der Waals surface area contributed by atoms with Crippen molar-refractivity contribution < 1.29 is 19.1 Å². The quantitative estimate of drug-likeness (QED) is 0.482. The minimum Gasteiger partial charge on any atom is -0.493 e. The molecule has 0 aliphatic heterocycles. The fourth-order valence-electron chi connectivity index (χ4n) is 2.84. The molecule has 0 bridgehead atoms. The van der Waals surface area contributed by atoms with Gasteiger partial charge in [-0.3, -0.25) is 23.5 Å². The van der Waals surface area contributed by atoms with Crippen molar-refractivity contribution >= 4 is 17.6 Å². The van der Waals surface area contributed by atoms with Crippen LogP contribution in [0.5, 0.6) is 5.75 Å². The molecule has 1 heterocycles. The zero-order chi connectivity index (χ0) is 22.4. The van der Waals surface area contributed by atoms with Gasteiger partial charge in [0.15, 0.2) is 6.61 Å². The third-order valence-corrected chi connectivity index (χ3v) is 4.43. The molecule has 1 aromatic carbocycles. The molecule has 0 unspecified atom stereocenters. The van der Waals surface area contributed by atoms with Gasteiger partial charge in [0.1, 0.15) is 17.1 Å². The monoisotopic (exact) mass is 417 g/mol. The molecule has 0 saturated heterocycles. The number of nitrogens with two attached hydrogens (primary N) is 1. The van der Waals surface area contributed by atoms with Gasteiger partial charge in [0, 0.05) is 13.6 Å². The van der Waals surface area contributed by atoms with Crippen LogP contribution in [0.3, 0.4) is 0 Å². The Morgan fingerprint density at radius 1 is 1.17 bits per heavy atom. The van der Waals surface area contributed by atoms with Crippen LogP contribution >= 0.6 is 0 Å². The Balaban J connectivity index is 2.03. The Kier molecular flexibility index (Phi) is 7.57. The van der Waals surface area contributed by atoms with Crippen molar-refractivity contribution in [3.63, 3.8) is 0 Å². The number of rotatable bonds is 9. The lowest BCUT2D eigenvalue weighted by molar-refractivity contribution is -0.143. The van der Waals surface area contributed by atoms with E-state index in [1.807, 2.05) is 39.0 Å². The minimum absolute atomic E-state index is 0.0662. The third-order valence-electron chi connectivity index (χ3n) is 4.43. The molecule has 0 aliphatic carbocycles. The zero-order valence-electron chi connectivity index (χ0n) is 17.6. The number of esters is 1. The molecule has 9 heteroatoms. The van der Waals surface area contributed by atoms with Gasteiger partial charge in [-0.15, -0.1) is 0 Å². The first-order valence-electron chi connectivity index (χ1n) is 9.60. The number of ketones is 1. The van der Waals surface area contributed by atoms with E-state index in [1.165, 1.54) is 11.6 Å². The topological polar surface area (TPSA) is 123 Å². The van der Waals surface area contributed by atoms with Crippen molar-refractivity contribution in [2.45, 2.75) is 33.7 Å². The Labute approximate surface area is 174 Å². The largest absolute Gasteiger partial charge is 0.493 e. The maximum absolute atomic E-state index is 12.5. The number of carbonyl (C=O) groups is 2. The van der Waals surface area contributed by atoms with Gasteiger partial charge in [0.2, 0.25) is 5.78 Å². The summed E-state index contributed by atoms with van der Waals surface area (Å²) in [7, 11) is 1.27. The number of hydrogen-bond acceptors (Lipinski definition) is 7. The van der Waals surface area contributed by atoms with E-state index in [0.29, 0.717) is 5.75 Å². The average molecular weight is 417 g/mol. The van der Waals surface area contributed by atoms with Gasteiger partial charge in [-0.2, -0.15) is 0 Å². The number of anilines is 1. The van der Waals surface area contributed by atoms with E-state index in [1.54, 1.807) is 6.07 Å². The van der Waals surface area contributed by atoms with Crippen LogP contribution in [-0.4, -0.2) is 34.1 Å². The van der Waals surface area contributed by atoms with Crippen LogP contribution in [0.15, 0.2) is 33.9 Å². The molecular formula is C21H27N3O6. The van der Waals surface area contributed by atoms with E-state index < -0.39 is 29.6 Å². The molecule has 2 rings (SSSR count). The maximum atomic E-state index is 12.5. The van der Waals surface area contributed by atoms with Crippen molar-refractivity contribution in [1.82, 2.24) is 9.13 Å². The molecule has 162 valence electrons. The van der Waals surface area contributed by atoms with Crippen LogP contribution in [-0.2, 0) is 23.1 Å². The second kappa shape index (κ2) is 9.91. The van der Waals surface area contributed by atoms with Crippen molar-refractivity contribution in [2.24, 2.45) is 13.0 Å². The van der Waals surface area contributed by atoms with Gasteiger partial charge < -0.3 is 15.2 Å². The van der Waals surface area contributed by atoms with Crippen molar-refractivity contribution in [3.05, 3.63) is 56.2 Å². The normalized spacial score (nSPS) is 10.8. The van der Waals surface area contributed by atoms with Crippen LogP contribution in [0.2, 0.25) is 0 Å². The summed E-state index contributed by atoms with van der Waals surface area (Å²) in [4.78, 5) is 49.1. The zero-order valence-corrected chi connectivity index (χ0v) is 17.6. The summed E-state index contributed by atoms with van der Waals surface area (Å²) >= 11 is 0. The number of aryl methyl sites for hydroxylation is 1. The average Bonchev–Trinajstić information content (AvgIpc) is 2.69. The maximum Gasteiger partial charge on any atom is 0.332 e. The lowest BCUT2D eigenvalue weighted by atomic mass is 10.1. The van der Waals surface area contributed by atoms with Crippen molar-refractivity contribution in [1.29, 1.82) is 0 Å². The first kappa shape index (κ1) is 22.9. The number of aromatic nitrogens is 2. The Hall–Kier alpha value is -3.36. The van der Waals surface area contributed by atoms with Crippen LogP contribution in [0.1, 0.15) is 36.2 Å². The molecule has 30 heavy (non-hydrogen) atoms. The van der Waals surface area contributed by atoms with Gasteiger partial charge in [-0.25, -0.2) is 4.79 Å². The number of nitrogen functional groups attached to an aromatic ring is 1. The van der Waals surface area contributed by atoms with E-state index in [4.69, 9.17) is 15.2 Å². The summed E-state index contributed by atoms with van der Waals surface area (Å²) in [6, 6.07) is 7.37.